The summed E-state index contributed by atoms with van der Waals surface area (Å²) in [5.74, 6) is -0.142. The van der Waals surface area contributed by atoms with Crippen LogP contribution in [-0.4, -0.2) is 41.1 Å². The van der Waals surface area contributed by atoms with E-state index in [1.165, 1.54) is 0 Å². The second kappa shape index (κ2) is 7.14. The minimum atomic E-state index is -0.885. The van der Waals surface area contributed by atoms with E-state index in [0.717, 1.165) is 31.6 Å². The summed E-state index contributed by atoms with van der Waals surface area (Å²) in [6.07, 6.45) is 4.32. The molecule has 0 spiro atoms. The number of carboxylic acids is 1. The average molecular weight is 298 g/mol. The number of rotatable bonds is 4. The first-order valence-electron chi connectivity index (χ1n) is 7.86. The Morgan fingerprint density at radius 2 is 1.76 bits per heavy atom. The van der Waals surface area contributed by atoms with E-state index in [2.05, 4.69) is 12.2 Å². The molecule has 0 bridgehead atoms. The molecular weight excluding hydrogens is 268 g/mol. The molecule has 1 aliphatic rings. The highest BCUT2D eigenvalue weighted by atomic mass is 16.4. The van der Waals surface area contributed by atoms with Crippen LogP contribution in [0.2, 0.25) is 0 Å². The molecule has 1 aliphatic carbocycles. The number of nitrogens with zero attached hydrogens (tertiary/aromatic N) is 1. The fourth-order valence-electron chi connectivity index (χ4n) is 2.79. The lowest BCUT2D eigenvalue weighted by molar-refractivity contribution is -0.138. The number of amides is 2. The van der Waals surface area contributed by atoms with Gasteiger partial charge >= 0.3 is 12.0 Å². The summed E-state index contributed by atoms with van der Waals surface area (Å²) in [5, 5.41) is 11.9. The molecule has 1 atom stereocenters. The van der Waals surface area contributed by atoms with E-state index in [4.69, 9.17) is 5.11 Å². The quantitative estimate of drug-likeness (QED) is 0.838. The summed E-state index contributed by atoms with van der Waals surface area (Å²) in [7, 11) is 1.82. The van der Waals surface area contributed by atoms with E-state index >= 15 is 0 Å². The van der Waals surface area contributed by atoms with E-state index in [1.54, 1.807) is 4.90 Å². The largest absolute Gasteiger partial charge is 0.481 e. The van der Waals surface area contributed by atoms with Gasteiger partial charge in [0.25, 0.3) is 0 Å². The maximum atomic E-state index is 12.4. The Balaban J connectivity index is 2.62. The topological polar surface area (TPSA) is 69.6 Å². The molecule has 2 N–H and O–H groups in total. The van der Waals surface area contributed by atoms with Gasteiger partial charge in [-0.1, -0.05) is 27.7 Å². The first-order chi connectivity index (χ1) is 9.61. The van der Waals surface area contributed by atoms with Crippen molar-refractivity contribution < 1.29 is 14.7 Å². The fraction of sp³-hybridized carbons (Fsp3) is 0.875. The number of carbonyl (C=O) groups excluding carboxylic acids is 1. The Labute approximate surface area is 128 Å². The third kappa shape index (κ3) is 5.56. The maximum absolute atomic E-state index is 12.4. The van der Waals surface area contributed by atoms with Gasteiger partial charge in [0, 0.05) is 19.1 Å². The minimum absolute atomic E-state index is 0.0508. The van der Waals surface area contributed by atoms with Gasteiger partial charge in [0.15, 0.2) is 0 Å². The molecule has 0 aromatic heterocycles. The van der Waals surface area contributed by atoms with Crippen LogP contribution in [0.15, 0.2) is 0 Å². The molecule has 1 fully saturated rings. The van der Waals surface area contributed by atoms with E-state index < -0.39 is 5.97 Å². The molecule has 1 unspecified atom stereocenters. The third-order valence-electron chi connectivity index (χ3n) is 4.58. The van der Waals surface area contributed by atoms with Gasteiger partial charge in [0.05, 0.1) is 6.42 Å². The molecule has 5 nitrogen and oxygen atoms in total. The van der Waals surface area contributed by atoms with Crippen LogP contribution < -0.4 is 5.32 Å². The van der Waals surface area contributed by atoms with Crippen LogP contribution in [0.1, 0.15) is 59.8 Å². The van der Waals surface area contributed by atoms with Crippen LogP contribution in [0.3, 0.4) is 0 Å². The van der Waals surface area contributed by atoms with Crippen molar-refractivity contribution in [1.82, 2.24) is 10.2 Å². The van der Waals surface area contributed by atoms with E-state index in [1.807, 2.05) is 27.8 Å². The number of nitrogens with one attached hydrogen (secondary N) is 1. The minimum Gasteiger partial charge on any atom is -0.481 e. The molecule has 0 aromatic carbocycles. The molecule has 0 aromatic rings. The Hall–Kier alpha value is -1.26. The Bertz CT molecular complexity index is 368. The van der Waals surface area contributed by atoms with Crippen molar-refractivity contribution in [3.05, 3.63) is 0 Å². The number of urea groups is 1. The van der Waals surface area contributed by atoms with Crippen LogP contribution in [-0.2, 0) is 4.79 Å². The summed E-state index contributed by atoms with van der Waals surface area (Å²) in [6, 6.07) is -0.255. The fourth-order valence-corrected chi connectivity index (χ4v) is 2.79. The van der Waals surface area contributed by atoms with Crippen molar-refractivity contribution in [3.63, 3.8) is 0 Å². The molecule has 21 heavy (non-hydrogen) atoms. The predicted octanol–water partition coefficient (Wildman–Crippen LogP) is 3.10. The first-order valence-corrected chi connectivity index (χ1v) is 7.86. The van der Waals surface area contributed by atoms with Gasteiger partial charge in [-0.15, -0.1) is 0 Å². The second-order valence-electron chi connectivity index (χ2n) is 7.49. The number of carboxylic acid groups (broad SMARTS) is 1. The van der Waals surface area contributed by atoms with Gasteiger partial charge < -0.3 is 15.3 Å². The normalized spacial score (nSPS) is 24.2. The highest BCUT2D eigenvalue weighted by Crippen LogP contribution is 2.27. The van der Waals surface area contributed by atoms with Gasteiger partial charge in [0.1, 0.15) is 0 Å². The summed E-state index contributed by atoms with van der Waals surface area (Å²) in [5.41, 5.74) is -0.282. The highest BCUT2D eigenvalue weighted by Gasteiger charge is 2.31. The molecule has 2 amide bonds. The molecular formula is C16H30N2O3. The van der Waals surface area contributed by atoms with E-state index in [-0.39, 0.29) is 30.0 Å². The Morgan fingerprint density at radius 3 is 2.19 bits per heavy atom. The van der Waals surface area contributed by atoms with E-state index in [0.29, 0.717) is 0 Å². The standard InChI is InChI=1S/C16H30N2O3/c1-11-6-8-12(9-7-11)18(5)15(21)17-13(10-14(19)20)16(2,3)4/h11-13H,6-10H2,1-5H3,(H,17,21)(H,19,20). The molecule has 0 aliphatic heterocycles. The lowest BCUT2D eigenvalue weighted by Crippen LogP contribution is -2.52. The van der Waals surface area contributed by atoms with Gasteiger partial charge in [-0.05, 0) is 37.0 Å². The monoisotopic (exact) mass is 298 g/mol. The molecule has 122 valence electrons. The Kier molecular flexibility index (Phi) is 6.05. The van der Waals surface area contributed by atoms with Gasteiger partial charge in [-0.2, -0.15) is 0 Å². The van der Waals surface area contributed by atoms with Crippen LogP contribution in [0.25, 0.3) is 0 Å². The number of carbonyl (C=O) groups is 2. The number of hydrogen-bond donors (Lipinski definition) is 2. The lowest BCUT2D eigenvalue weighted by Gasteiger charge is -2.36. The van der Waals surface area contributed by atoms with Gasteiger partial charge in [-0.3, -0.25) is 4.79 Å². The molecule has 0 radical (unpaired) electrons. The van der Waals surface area contributed by atoms with Crippen LogP contribution in [0.4, 0.5) is 4.79 Å². The van der Waals surface area contributed by atoms with Crippen molar-refractivity contribution in [3.8, 4) is 0 Å². The van der Waals surface area contributed by atoms with Crippen LogP contribution in [0, 0.1) is 11.3 Å². The SMILES string of the molecule is CC1CCC(N(C)C(=O)NC(CC(=O)O)C(C)(C)C)CC1. The first kappa shape index (κ1) is 17.8. The van der Waals surface area contributed by atoms with Crippen molar-refractivity contribution in [2.24, 2.45) is 11.3 Å². The summed E-state index contributed by atoms with van der Waals surface area (Å²) < 4.78 is 0. The lowest BCUT2D eigenvalue weighted by atomic mass is 9.84. The molecule has 1 saturated carbocycles. The maximum Gasteiger partial charge on any atom is 0.317 e. The van der Waals surface area contributed by atoms with Crippen molar-refractivity contribution >= 4 is 12.0 Å². The van der Waals surface area contributed by atoms with Crippen molar-refractivity contribution in [1.29, 1.82) is 0 Å². The zero-order valence-electron chi connectivity index (χ0n) is 14.0. The van der Waals surface area contributed by atoms with Crippen molar-refractivity contribution in [2.75, 3.05) is 7.05 Å². The van der Waals surface area contributed by atoms with E-state index in [9.17, 15) is 9.59 Å². The Morgan fingerprint density at radius 1 is 1.24 bits per heavy atom. The van der Waals surface area contributed by atoms with Crippen molar-refractivity contribution in [2.45, 2.75) is 71.9 Å². The zero-order valence-corrected chi connectivity index (χ0v) is 14.0. The average Bonchev–Trinajstić information content (AvgIpc) is 2.36. The summed E-state index contributed by atoms with van der Waals surface area (Å²) in [4.78, 5) is 25.1. The second-order valence-corrected chi connectivity index (χ2v) is 7.49. The molecule has 0 saturated heterocycles. The highest BCUT2D eigenvalue weighted by molar-refractivity contribution is 5.76. The smallest absolute Gasteiger partial charge is 0.317 e. The van der Waals surface area contributed by atoms with Crippen LogP contribution >= 0.6 is 0 Å². The van der Waals surface area contributed by atoms with Gasteiger partial charge in [-0.25, -0.2) is 4.79 Å². The predicted molar refractivity (Wildman–Crippen MR) is 83.2 cm³/mol. The number of aliphatic carboxylic acids is 1. The van der Waals surface area contributed by atoms with Crippen LogP contribution in [0.5, 0.6) is 0 Å². The molecule has 1 rings (SSSR count). The molecule has 5 heteroatoms. The zero-order chi connectivity index (χ0) is 16.2. The number of hydrogen-bond acceptors (Lipinski definition) is 2. The molecule has 0 heterocycles. The van der Waals surface area contributed by atoms with Gasteiger partial charge in [0.2, 0.25) is 0 Å². The summed E-state index contributed by atoms with van der Waals surface area (Å²) >= 11 is 0. The summed E-state index contributed by atoms with van der Waals surface area (Å²) in [6.45, 7) is 8.09. The third-order valence-corrected chi connectivity index (χ3v) is 4.58.